The van der Waals surface area contributed by atoms with Gasteiger partial charge in [-0.25, -0.2) is 4.79 Å². The SMILES string of the molecule is CCCCC(Oc1cc(Oc2ccc(C(F)(F)F)cc2Cl)ccc1I)C(=O)O. The molecule has 2 aromatic rings. The van der Waals surface area contributed by atoms with E-state index >= 15 is 0 Å². The zero-order chi connectivity index (χ0) is 20.9. The largest absolute Gasteiger partial charge is 0.479 e. The fourth-order valence-corrected chi connectivity index (χ4v) is 2.98. The van der Waals surface area contributed by atoms with Crippen molar-refractivity contribution < 1.29 is 32.5 Å². The maximum atomic E-state index is 12.7. The van der Waals surface area contributed by atoms with E-state index in [1.807, 2.05) is 29.5 Å². The van der Waals surface area contributed by atoms with E-state index in [1.165, 1.54) is 6.07 Å². The van der Waals surface area contributed by atoms with Gasteiger partial charge in [0.15, 0.2) is 6.10 Å². The molecule has 1 unspecified atom stereocenters. The predicted octanol–water partition coefficient (Wildman–Crippen LogP) is 6.78. The van der Waals surface area contributed by atoms with Crippen LogP contribution in [0.4, 0.5) is 13.2 Å². The van der Waals surface area contributed by atoms with Crippen LogP contribution in [0.5, 0.6) is 17.2 Å². The number of hydrogen-bond acceptors (Lipinski definition) is 3. The minimum Gasteiger partial charge on any atom is -0.479 e. The van der Waals surface area contributed by atoms with Crippen molar-refractivity contribution >= 4 is 40.2 Å². The van der Waals surface area contributed by atoms with Gasteiger partial charge in [0.05, 0.1) is 14.2 Å². The first-order valence-electron chi connectivity index (χ1n) is 8.35. The second-order valence-electron chi connectivity index (χ2n) is 5.92. The molecule has 2 rings (SSSR count). The average molecular weight is 529 g/mol. The summed E-state index contributed by atoms with van der Waals surface area (Å²) in [6, 6.07) is 7.51. The van der Waals surface area contributed by atoms with E-state index < -0.39 is 23.8 Å². The third kappa shape index (κ3) is 6.16. The maximum absolute atomic E-state index is 12.7. The summed E-state index contributed by atoms with van der Waals surface area (Å²) in [6.45, 7) is 1.95. The Morgan fingerprint density at radius 3 is 2.50 bits per heavy atom. The summed E-state index contributed by atoms with van der Waals surface area (Å²) in [5.41, 5.74) is -0.878. The van der Waals surface area contributed by atoms with Crippen molar-refractivity contribution in [3.8, 4) is 17.2 Å². The lowest BCUT2D eigenvalue weighted by atomic mass is 10.1. The molecule has 4 nitrogen and oxygen atoms in total. The molecule has 28 heavy (non-hydrogen) atoms. The molecule has 0 aliphatic carbocycles. The van der Waals surface area contributed by atoms with E-state index in [9.17, 15) is 23.1 Å². The fraction of sp³-hybridized carbons (Fsp3) is 0.316. The number of carboxylic acids is 1. The first kappa shape index (κ1) is 22.6. The summed E-state index contributed by atoms with van der Waals surface area (Å²) in [7, 11) is 0. The summed E-state index contributed by atoms with van der Waals surface area (Å²) >= 11 is 7.90. The summed E-state index contributed by atoms with van der Waals surface area (Å²) < 4.78 is 50.1. The van der Waals surface area contributed by atoms with Crippen LogP contribution in [-0.2, 0) is 11.0 Å². The molecule has 9 heteroatoms. The number of alkyl halides is 3. The van der Waals surface area contributed by atoms with Crippen molar-refractivity contribution in [1.82, 2.24) is 0 Å². The highest BCUT2D eigenvalue weighted by molar-refractivity contribution is 14.1. The number of ether oxygens (including phenoxy) is 2. The van der Waals surface area contributed by atoms with Gasteiger partial charge in [0.2, 0.25) is 0 Å². The van der Waals surface area contributed by atoms with Gasteiger partial charge in [0.25, 0.3) is 0 Å². The smallest absolute Gasteiger partial charge is 0.416 e. The quantitative estimate of drug-likeness (QED) is 0.384. The highest BCUT2D eigenvalue weighted by Gasteiger charge is 2.31. The molecule has 0 aliphatic heterocycles. The van der Waals surface area contributed by atoms with Gasteiger partial charge in [0.1, 0.15) is 17.2 Å². The molecule has 0 fully saturated rings. The lowest BCUT2D eigenvalue weighted by Gasteiger charge is -2.17. The van der Waals surface area contributed by atoms with E-state index in [4.69, 9.17) is 21.1 Å². The van der Waals surface area contributed by atoms with Crippen molar-refractivity contribution in [2.45, 2.75) is 38.5 Å². The molecule has 0 heterocycles. The Kier molecular flexibility index (Phi) is 7.82. The normalized spacial score (nSPS) is 12.5. The molecule has 0 spiro atoms. The number of carboxylic acid groups (broad SMARTS) is 1. The van der Waals surface area contributed by atoms with E-state index in [2.05, 4.69) is 0 Å². The van der Waals surface area contributed by atoms with Crippen LogP contribution in [0.3, 0.4) is 0 Å². The molecule has 0 aromatic heterocycles. The summed E-state index contributed by atoms with van der Waals surface area (Å²) in [4.78, 5) is 11.4. The maximum Gasteiger partial charge on any atom is 0.416 e. The molecule has 0 radical (unpaired) electrons. The zero-order valence-electron chi connectivity index (χ0n) is 14.7. The number of benzene rings is 2. The van der Waals surface area contributed by atoms with Gasteiger partial charge in [-0.2, -0.15) is 13.2 Å². The van der Waals surface area contributed by atoms with Crippen molar-refractivity contribution in [2.24, 2.45) is 0 Å². The van der Waals surface area contributed by atoms with Gasteiger partial charge < -0.3 is 14.6 Å². The Balaban J connectivity index is 2.22. The number of hydrogen-bond donors (Lipinski definition) is 1. The highest BCUT2D eigenvalue weighted by atomic mass is 127. The lowest BCUT2D eigenvalue weighted by molar-refractivity contribution is -0.145. The molecular formula is C19H17ClF3IO4. The first-order valence-corrected chi connectivity index (χ1v) is 9.81. The fourth-order valence-electron chi connectivity index (χ4n) is 2.30. The summed E-state index contributed by atoms with van der Waals surface area (Å²) in [5.74, 6) is -0.453. The summed E-state index contributed by atoms with van der Waals surface area (Å²) in [6.07, 6.45) is -3.61. The van der Waals surface area contributed by atoms with E-state index in [1.54, 1.807) is 12.1 Å². The van der Waals surface area contributed by atoms with Gasteiger partial charge in [-0.3, -0.25) is 0 Å². The minimum atomic E-state index is -4.50. The van der Waals surface area contributed by atoms with Crippen LogP contribution < -0.4 is 9.47 Å². The Morgan fingerprint density at radius 1 is 1.21 bits per heavy atom. The van der Waals surface area contributed by atoms with Crippen molar-refractivity contribution in [3.05, 3.63) is 50.6 Å². The third-order valence-electron chi connectivity index (χ3n) is 3.75. The van der Waals surface area contributed by atoms with Crippen LogP contribution in [-0.4, -0.2) is 17.2 Å². The second kappa shape index (κ2) is 9.69. The predicted molar refractivity (Wildman–Crippen MR) is 107 cm³/mol. The van der Waals surface area contributed by atoms with E-state index in [0.717, 1.165) is 24.6 Å². The molecule has 0 saturated heterocycles. The Morgan fingerprint density at radius 2 is 1.93 bits per heavy atom. The van der Waals surface area contributed by atoms with Crippen LogP contribution in [0, 0.1) is 3.57 Å². The molecule has 1 atom stereocenters. The molecule has 0 bridgehead atoms. The Hall–Kier alpha value is -1.68. The minimum absolute atomic E-state index is 0.0441. The number of rotatable bonds is 8. The lowest BCUT2D eigenvalue weighted by Crippen LogP contribution is -2.27. The Bertz CT molecular complexity index is 842. The molecule has 0 saturated carbocycles. The number of halogens is 5. The van der Waals surface area contributed by atoms with Gasteiger partial charge in [-0.05, 0) is 65.8 Å². The van der Waals surface area contributed by atoms with Crippen LogP contribution in [0.25, 0.3) is 0 Å². The molecule has 2 aromatic carbocycles. The first-order chi connectivity index (χ1) is 13.1. The highest BCUT2D eigenvalue weighted by Crippen LogP contribution is 2.37. The van der Waals surface area contributed by atoms with Crippen molar-refractivity contribution in [3.63, 3.8) is 0 Å². The molecule has 0 aliphatic rings. The van der Waals surface area contributed by atoms with Crippen molar-refractivity contribution in [1.29, 1.82) is 0 Å². The van der Waals surface area contributed by atoms with Gasteiger partial charge >= 0.3 is 12.1 Å². The molecule has 152 valence electrons. The van der Waals surface area contributed by atoms with Gasteiger partial charge in [-0.15, -0.1) is 0 Å². The topological polar surface area (TPSA) is 55.8 Å². The molecule has 0 amide bonds. The summed E-state index contributed by atoms with van der Waals surface area (Å²) in [5, 5.41) is 9.12. The standard InChI is InChI=1S/C19H17ClF3IO4/c1-2-3-4-16(18(25)26)28-17-10-12(6-7-14(17)24)27-15-8-5-11(9-13(15)20)19(21,22)23/h5-10,16H,2-4H2,1H3,(H,25,26). The van der Waals surface area contributed by atoms with Crippen LogP contribution in [0.15, 0.2) is 36.4 Å². The third-order valence-corrected chi connectivity index (χ3v) is 4.94. The Labute approximate surface area is 178 Å². The molecular weight excluding hydrogens is 512 g/mol. The van der Waals surface area contributed by atoms with Gasteiger partial charge in [-0.1, -0.05) is 24.9 Å². The van der Waals surface area contributed by atoms with E-state index in [-0.39, 0.29) is 16.5 Å². The van der Waals surface area contributed by atoms with Gasteiger partial charge in [0, 0.05) is 6.07 Å². The van der Waals surface area contributed by atoms with Crippen LogP contribution >= 0.6 is 34.2 Å². The average Bonchev–Trinajstić information content (AvgIpc) is 2.61. The van der Waals surface area contributed by atoms with E-state index in [0.29, 0.717) is 22.2 Å². The monoisotopic (exact) mass is 528 g/mol. The second-order valence-corrected chi connectivity index (χ2v) is 7.49. The number of carbonyl (C=O) groups is 1. The zero-order valence-corrected chi connectivity index (χ0v) is 17.6. The number of unbranched alkanes of at least 4 members (excludes halogenated alkanes) is 1. The molecule has 1 N–H and O–H groups in total. The van der Waals surface area contributed by atoms with Crippen LogP contribution in [0.2, 0.25) is 5.02 Å². The number of aliphatic carboxylic acids is 1. The van der Waals surface area contributed by atoms with Crippen LogP contribution in [0.1, 0.15) is 31.7 Å². The van der Waals surface area contributed by atoms with Crippen molar-refractivity contribution in [2.75, 3.05) is 0 Å².